The molecule has 0 aromatic heterocycles. The van der Waals surface area contributed by atoms with E-state index >= 15 is 0 Å². The highest BCUT2D eigenvalue weighted by molar-refractivity contribution is 7.99. The smallest absolute Gasteiger partial charge is 0.321 e. The minimum atomic E-state index is -0.884. The molecule has 7 heteroatoms. The number of thioether (sulfide) groups is 1. The second-order valence-electron chi connectivity index (χ2n) is 5.71. The van der Waals surface area contributed by atoms with E-state index in [1.165, 1.54) is 11.8 Å². The number of nitrogens with one attached hydrogen (secondary N) is 1. The average Bonchev–Trinajstić information content (AvgIpc) is 3.08. The molecule has 1 fully saturated rings. The number of carboxylic acid groups (broad SMARTS) is 1. The molecule has 0 spiro atoms. The minimum Gasteiger partial charge on any atom is -0.504 e. The molecule has 1 aliphatic rings. The molecule has 2 unspecified atom stereocenters. The van der Waals surface area contributed by atoms with Gasteiger partial charge in [0.25, 0.3) is 0 Å². The van der Waals surface area contributed by atoms with Crippen molar-refractivity contribution in [3.63, 3.8) is 0 Å². The highest BCUT2D eigenvalue weighted by atomic mass is 32.2. The summed E-state index contributed by atoms with van der Waals surface area (Å²) in [5.41, 5.74) is 2.03. The van der Waals surface area contributed by atoms with Gasteiger partial charge in [-0.15, -0.1) is 11.8 Å². The van der Waals surface area contributed by atoms with Crippen LogP contribution in [0.25, 0.3) is 0 Å². The number of hydrogen-bond donors (Lipinski definition) is 3. The first-order chi connectivity index (χ1) is 12.0. The van der Waals surface area contributed by atoms with E-state index in [1.54, 1.807) is 36.4 Å². The first-order valence-corrected chi connectivity index (χ1v) is 8.65. The summed E-state index contributed by atoms with van der Waals surface area (Å²) in [4.78, 5) is 11.0. The maximum absolute atomic E-state index is 11.0. The van der Waals surface area contributed by atoms with Gasteiger partial charge < -0.3 is 14.9 Å². The summed E-state index contributed by atoms with van der Waals surface area (Å²) in [6.07, 6.45) is 0. The summed E-state index contributed by atoms with van der Waals surface area (Å²) in [5.74, 6) is 0.199. The van der Waals surface area contributed by atoms with Crippen LogP contribution in [-0.4, -0.2) is 28.0 Å². The van der Waals surface area contributed by atoms with Gasteiger partial charge in [-0.1, -0.05) is 12.1 Å². The fraction of sp³-hybridized carbons (Fsp3) is 0.222. The Balaban J connectivity index is 1.83. The van der Waals surface area contributed by atoms with Crippen molar-refractivity contribution in [2.24, 2.45) is 0 Å². The number of nitrogens with zero attached hydrogens (tertiary/aromatic N) is 1. The molecular weight excluding hydrogens is 340 g/mol. The van der Waals surface area contributed by atoms with Gasteiger partial charge in [0.2, 0.25) is 0 Å². The molecule has 0 amide bonds. The van der Waals surface area contributed by atoms with Crippen molar-refractivity contribution in [1.82, 2.24) is 5.32 Å². The normalized spacial score (nSPS) is 19.4. The Morgan fingerprint density at radius 2 is 2.08 bits per heavy atom. The number of rotatable bonds is 4. The standard InChI is InChI=1S/C18H16N2O4S/c1-10-2-4-16(14(21)6-10)24-15-5-3-11(7-12(15)8-19)17-20-13(9-25-17)18(22)23/h2-7,13,17,20-21H,9H2,1H3,(H,22,23). The first-order valence-electron chi connectivity index (χ1n) is 7.60. The SMILES string of the molecule is Cc1ccc(Oc2ccc(C3NC(C(=O)O)CS3)cc2C#N)c(O)c1. The zero-order chi connectivity index (χ0) is 18.0. The second-order valence-corrected chi connectivity index (χ2v) is 6.85. The average molecular weight is 356 g/mol. The maximum atomic E-state index is 11.0. The number of ether oxygens (including phenoxy) is 1. The number of carboxylic acids is 1. The molecule has 6 nitrogen and oxygen atoms in total. The van der Waals surface area contributed by atoms with E-state index in [2.05, 4.69) is 11.4 Å². The summed E-state index contributed by atoms with van der Waals surface area (Å²) in [5, 5.41) is 31.2. The van der Waals surface area contributed by atoms with Crippen molar-refractivity contribution in [2.45, 2.75) is 18.3 Å². The van der Waals surface area contributed by atoms with Crippen LogP contribution < -0.4 is 10.1 Å². The fourth-order valence-electron chi connectivity index (χ4n) is 2.53. The number of carbonyl (C=O) groups is 1. The summed E-state index contributed by atoms with van der Waals surface area (Å²) in [7, 11) is 0. The molecular formula is C18H16N2O4S. The largest absolute Gasteiger partial charge is 0.504 e. The second kappa shape index (κ2) is 7.05. The molecule has 1 saturated heterocycles. The van der Waals surface area contributed by atoms with E-state index < -0.39 is 12.0 Å². The van der Waals surface area contributed by atoms with E-state index in [4.69, 9.17) is 9.84 Å². The van der Waals surface area contributed by atoms with Crippen LogP contribution in [0.4, 0.5) is 0 Å². The molecule has 0 radical (unpaired) electrons. The van der Waals surface area contributed by atoms with Gasteiger partial charge in [0.15, 0.2) is 11.5 Å². The lowest BCUT2D eigenvalue weighted by Gasteiger charge is -2.14. The number of phenolic OH excluding ortho intramolecular Hbond substituents is 1. The lowest BCUT2D eigenvalue weighted by atomic mass is 10.1. The first kappa shape index (κ1) is 17.1. The Hall–Kier alpha value is -2.69. The van der Waals surface area contributed by atoms with Crippen LogP contribution in [0.15, 0.2) is 36.4 Å². The van der Waals surface area contributed by atoms with Gasteiger partial charge >= 0.3 is 5.97 Å². The molecule has 2 atom stereocenters. The van der Waals surface area contributed by atoms with Gasteiger partial charge in [0.1, 0.15) is 17.9 Å². The van der Waals surface area contributed by atoms with Gasteiger partial charge in [-0.3, -0.25) is 10.1 Å². The van der Waals surface area contributed by atoms with Gasteiger partial charge in [0.05, 0.1) is 10.9 Å². The zero-order valence-corrected chi connectivity index (χ0v) is 14.2. The number of aromatic hydroxyl groups is 1. The van der Waals surface area contributed by atoms with Crippen molar-refractivity contribution in [3.8, 4) is 23.3 Å². The van der Waals surface area contributed by atoms with E-state index in [0.29, 0.717) is 17.1 Å². The fourth-order valence-corrected chi connectivity index (χ4v) is 3.75. The quantitative estimate of drug-likeness (QED) is 0.773. The van der Waals surface area contributed by atoms with E-state index in [0.717, 1.165) is 11.1 Å². The molecule has 1 heterocycles. The number of aliphatic carboxylic acids is 1. The predicted octanol–water partition coefficient (Wildman–Crippen LogP) is 3.15. The van der Waals surface area contributed by atoms with Gasteiger partial charge in [-0.25, -0.2) is 0 Å². The molecule has 0 bridgehead atoms. The minimum absolute atomic E-state index is 0.00489. The predicted molar refractivity (Wildman–Crippen MR) is 93.8 cm³/mol. The number of aryl methyl sites for hydroxylation is 1. The summed E-state index contributed by atoms with van der Waals surface area (Å²) < 4.78 is 5.67. The Bertz CT molecular complexity index is 863. The molecule has 25 heavy (non-hydrogen) atoms. The van der Waals surface area contributed by atoms with Crippen LogP contribution in [-0.2, 0) is 4.79 Å². The molecule has 3 rings (SSSR count). The maximum Gasteiger partial charge on any atom is 0.321 e. The van der Waals surface area contributed by atoms with Crippen molar-refractivity contribution in [3.05, 3.63) is 53.1 Å². The Labute approximate surface area is 149 Å². The van der Waals surface area contributed by atoms with Crippen molar-refractivity contribution >= 4 is 17.7 Å². The molecule has 0 aliphatic carbocycles. The highest BCUT2D eigenvalue weighted by Crippen LogP contribution is 2.37. The third-order valence-corrected chi connectivity index (χ3v) is 5.11. The van der Waals surface area contributed by atoms with E-state index in [-0.39, 0.29) is 16.9 Å². The van der Waals surface area contributed by atoms with Gasteiger partial charge in [-0.05, 0) is 42.3 Å². The highest BCUT2D eigenvalue weighted by Gasteiger charge is 2.30. The molecule has 2 aromatic carbocycles. The molecule has 3 N–H and O–H groups in total. The van der Waals surface area contributed by atoms with Crippen LogP contribution in [0, 0.1) is 18.3 Å². The Morgan fingerprint density at radius 3 is 2.72 bits per heavy atom. The number of hydrogen-bond acceptors (Lipinski definition) is 6. The Kier molecular flexibility index (Phi) is 4.83. The lowest BCUT2D eigenvalue weighted by molar-refractivity contribution is -0.138. The van der Waals surface area contributed by atoms with Crippen molar-refractivity contribution in [1.29, 1.82) is 5.26 Å². The number of phenols is 1. The van der Waals surface area contributed by atoms with E-state index in [1.807, 2.05) is 6.92 Å². The molecule has 1 aliphatic heterocycles. The third-order valence-electron chi connectivity index (χ3n) is 3.84. The topological polar surface area (TPSA) is 103 Å². The van der Waals surface area contributed by atoms with Gasteiger partial charge in [-0.2, -0.15) is 5.26 Å². The summed E-state index contributed by atoms with van der Waals surface area (Å²) >= 11 is 1.48. The van der Waals surface area contributed by atoms with Crippen molar-refractivity contribution in [2.75, 3.05) is 5.75 Å². The monoisotopic (exact) mass is 356 g/mol. The van der Waals surface area contributed by atoms with E-state index in [9.17, 15) is 15.2 Å². The summed E-state index contributed by atoms with van der Waals surface area (Å²) in [6, 6.07) is 11.6. The van der Waals surface area contributed by atoms with Crippen LogP contribution in [0.2, 0.25) is 0 Å². The third kappa shape index (κ3) is 3.71. The van der Waals surface area contributed by atoms with Crippen LogP contribution in [0.3, 0.4) is 0 Å². The number of nitriles is 1. The molecule has 2 aromatic rings. The van der Waals surface area contributed by atoms with Crippen LogP contribution in [0.5, 0.6) is 17.2 Å². The molecule has 0 saturated carbocycles. The zero-order valence-electron chi connectivity index (χ0n) is 13.4. The lowest BCUT2D eigenvalue weighted by Crippen LogP contribution is -2.33. The van der Waals surface area contributed by atoms with Crippen LogP contribution >= 0.6 is 11.8 Å². The van der Waals surface area contributed by atoms with Gasteiger partial charge in [0, 0.05) is 5.75 Å². The van der Waals surface area contributed by atoms with Crippen molar-refractivity contribution < 1.29 is 19.7 Å². The number of benzene rings is 2. The molecule has 128 valence electrons. The van der Waals surface area contributed by atoms with Crippen LogP contribution in [0.1, 0.15) is 22.1 Å². The Morgan fingerprint density at radius 1 is 1.32 bits per heavy atom. The summed E-state index contributed by atoms with van der Waals surface area (Å²) in [6.45, 7) is 1.86.